The number of likely N-dealkylation sites (tertiary alicyclic amines) is 1. The Morgan fingerprint density at radius 2 is 1.72 bits per heavy atom. The van der Waals surface area contributed by atoms with Crippen LogP contribution in [0.4, 0.5) is 8.78 Å². The summed E-state index contributed by atoms with van der Waals surface area (Å²) in [5, 5.41) is 13.2. The van der Waals surface area contributed by atoms with Gasteiger partial charge in [-0.15, -0.1) is 0 Å². The van der Waals surface area contributed by atoms with Crippen LogP contribution < -0.4 is 0 Å². The minimum absolute atomic E-state index is 0.146. The van der Waals surface area contributed by atoms with E-state index in [1.165, 1.54) is 0 Å². The minimum atomic E-state index is -3.11. The Morgan fingerprint density at radius 1 is 1.00 bits per heavy atom. The van der Waals surface area contributed by atoms with Crippen LogP contribution in [0.5, 0.6) is 0 Å². The molecule has 0 N–H and O–H groups in total. The molecule has 0 spiro atoms. The zero-order chi connectivity index (χ0) is 27.4. The normalized spacial score (nSPS) is 20.3. The van der Waals surface area contributed by atoms with Crippen molar-refractivity contribution in [2.24, 2.45) is 5.92 Å². The minimum Gasteiger partial charge on any atom is -0.317 e. The summed E-state index contributed by atoms with van der Waals surface area (Å²) < 4.78 is 28.6. The molecule has 0 radical (unpaired) electrons. The number of ketones is 1. The number of benzene rings is 3. The molecule has 1 aliphatic heterocycles. The van der Waals surface area contributed by atoms with Crippen LogP contribution in [0, 0.1) is 17.2 Å². The van der Waals surface area contributed by atoms with E-state index >= 15 is 0 Å². The molecule has 1 saturated heterocycles. The first-order chi connectivity index (χ1) is 18.7. The van der Waals surface area contributed by atoms with Crippen LogP contribution in [0.15, 0.2) is 66.9 Å². The van der Waals surface area contributed by atoms with E-state index in [9.17, 15) is 23.6 Å². The van der Waals surface area contributed by atoms with Crippen molar-refractivity contribution in [3.05, 3.63) is 77.4 Å². The van der Waals surface area contributed by atoms with Crippen molar-refractivity contribution in [3.8, 4) is 17.2 Å². The molecule has 1 aromatic heterocycles. The van der Waals surface area contributed by atoms with Gasteiger partial charge < -0.3 is 4.90 Å². The molecule has 1 atom stereocenters. The van der Waals surface area contributed by atoms with Crippen LogP contribution in [-0.4, -0.2) is 39.6 Å². The molecule has 1 saturated carbocycles. The van der Waals surface area contributed by atoms with Crippen LogP contribution in [-0.2, 0) is 4.79 Å². The van der Waals surface area contributed by atoms with Crippen LogP contribution in [0.3, 0.4) is 0 Å². The number of carbonyl (C=O) groups is 2. The fraction of sp³-hybridized carbons (Fsp3) is 0.290. The first-order valence-corrected chi connectivity index (χ1v) is 13.3. The third-order valence-corrected chi connectivity index (χ3v) is 8.13. The molecule has 3 aromatic carbocycles. The van der Waals surface area contributed by atoms with Crippen molar-refractivity contribution < 1.29 is 18.4 Å². The van der Waals surface area contributed by atoms with E-state index in [1.807, 2.05) is 54.6 Å². The number of Topliss-reactive ketones (excluding diaryl/α,β-unsaturated/α-hetero) is 1. The highest BCUT2D eigenvalue weighted by molar-refractivity contribution is 6.31. The molecule has 0 bridgehead atoms. The third-order valence-electron chi connectivity index (χ3n) is 7.89. The van der Waals surface area contributed by atoms with E-state index in [4.69, 9.17) is 11.6 Å². The molecule has 4 aromatic rings. The maximum absolute atomic E-state index is 14.3. The molecule has 1 amide bonds. The highest BCUT2D eigenvalue weighted by Crippen LogP contribution is 2.52. The molecule has 0 unspecified atom stereocenters. The van der Waals surface area contributed by atoms with Gasteiger partial charge in [0.25, 0.3) is 5.92 Å². The third kappa shape index (κ3) is 4.63. The number of aromatic nitrogens is 1. The lowest BCUT2D eigenvalue weighted by atomic mass is 9.90. The molecule has 2 fully saturated rings. The van der Waals surface area contributed by atoms with Gasteiger partial charge in [0.05, 0.1) is 24.6 Å². The highest BCUT2D eigenvalue weighted by atomic mass is 35.5. The second-order valence-electron chi connectivity index (χ2n) is 10.5. The topological polar surface area (TPSA) is 74.1 Å². The van der Waals surface area contributed by atoms with E-state index in [0.29, 0.717) is 34.3 Å². The number of hydrogen-bond donors (Lipinski definition) is 0. The van der Waals surface area contributed by atoms with Gasteiger partial charge in [0, 0.05) is 35.0 Å². The first-order valence-electron chi connectivity index (χ1n) is 12.9. The Bertz CT molecular complexity index is 1690. The predicted octanol–water partition coefficient (Wildman–Crippen LogP) is 7.21. The fourth-order valence-corrected chi connectivity index (χ4v) is 5.98. The van der Waals surface area contributed by atoms with Gasteiger partial charge in [-0.25, -0.2) is 8.78 Å². The summed E-state index contributed by atoms with van der Waals surface area (Å²) in [6.45, 7) is -0.774. The lowest BCUT2D eigenvalue weighted by molar-refractivity contribution is -0.135. The number of halogens is 3. The van der Waals surface area contributed by atoms with E-state index in [0.717, 1.165) is 26.8 Å². The first kappa shape index (κ1) is 25.4. The number of hydrogen-bond acceptors (Lipinski definition) is 4. The summed E-state index contributed by atoms with van der Waals surface area (Å²) in [6, 6.07) is 21.1. The van der Waals surface area contributed by atoms with Crippen LogP contribution in [0.1, 0.15) is 42.5 Å². The van der Waals surface area contributed by atoms with Crippen molar-refractivity contribution in [2.75, 3.05) is 6.54 Å². The standard InChI is InChI=1S/C31H24ClF2N3O2/c32-24-7-3-20-13-19(1-2-21(20)14-24)22-4-8-27-26(15-22)25(11-12-36-27)28(38)9-10-29(39)37-18-31(33,34)16-30(37,17-35)23-5-6-23/h1-4,7-8,11-15,23H,5-6,9-10,16,18H2/t30-/m0/s1. The van der Waals surface area contributed by atoms with Gasteiger partial charge in [0.2, 0.25) is 5.91 Å². The molecular formula is C31H24ClF2N3O2. The molecule has 6 rings (SSSR count). The van der Waals surface area contributed by atoms with Crippen molar-refractivity contribution >= 4 is 45.0 Å². The second kappa shape index (κ2) is 9.39. The summed E-state index contributed by atoms with van der Waals surface area (Å²) in [5.74, 6) is -4.19. The molecule has 5 nitrogen and oxygen atoms in total. The molecular weight excluding hydrogens is 520 g/mol. The van der Waals surface area contributed by atoms with Gasteiger partial charge in [-0.3, -0.25) is 14.6 Å². The number of rotatable bonds is 6. The van der Waals surface area contributed by atoms with Crippen molar-refractivity contribution in [3.63, 3.8) is 0 Å². The largest absolute Gasteiger partial charge is 0.317 e. The predicted molar refractivity (Wildman–Crippen MR) is 146 cm³/mol. The Hall–Kier alpha value is -3.89. The molecule has 2 heterocycles. The molecule has 8 heteroatoms. The zero-order valence-corrected chi connectivity index (χ0v) is 21.7. The molecule has 39 heavy (non-hydrogen) atoms. The number of nitrogens with zero attached hydrogens (tertiary/aromatic N) is 3. The van der Waals surface area contributed by atoms with Gasteiger partial charge in [-0.1, -0.05) is 35.9 Å². The smallest absolute Gasteiger partial charge is 0.268 e. The lowest BCUT2D eigenvalue weighted by Crippen LogP contribution is -2.48. The van der Waals surface area contributed by atoms with Crippen LogP contribution in [0.25, 0.3) is 32.8 Å². The number of nitriles is 1. The van der Waals surface area contributed by atoms with Gasteiger partial charge in [-0.05, 0) is 77.1 Å². The number of carbonyl (C=O) groups excluding carboxylic acids is 2. The monoisotopic (exact) mass is 543 g/mol. The summed E-state index contributed by atoms with van der Waals surface area (Å²) >= 11 is 6.11. The molecule has 196 valence electrons. The van der Waals surface area contributed by atoms with E-state index in [2.05, 4.69) is 11.1 Å². The Kier molecular flexibility index (Phi) is 6.11. The number of amides is 1. The highest BCUT2D eigenvalue weighted by Gasteiger charge is 2.62. The average molecular weight is 544 g/mol. The van der Waals surface area contributed by atoms with Gasteiger partial charge >= 0.3 is 0 Å². The Balaban J connectivity index is 1.25. The van der Waals surface area contributed by atoms with Crippen LogP contribution in [0.2, 0.25) is 5.02 Å². The van der Waals surface area contributed by atoms with E-state index in [1.54, 1.807) is 12.3 Å². The van der Waals surface area contributed by atoms with Crippen LogP contribution >= 0.6 is 11.6 Å². The summed E-state index contributed by atoms with van der Waals surface area (Å²) in [4.78, 5) is 31.8. The summed E-state index contributed by atoms with van der Waals surface area (Å²) in [6.07, 6.45) is 1.84. The van der Waals surface area contributed by atoms with Crippen molar-refractivity contribution in [1.82, 2.24) is 9.88 Å². The van der Waals surface area contributed by atoms with E-state index < -0.39 is 30.3 Å². The maximum Gasteiger partial charge on any atom is 0.268 e. The van der Waals surface area contributed by atoms with Gasteiger partial charge in [0.15, 0.2) is 5.78 Å². The fourth-order valence-electron chi connectivity index (χ4n) is 5.80. The van der Waals surface area contributed by atoms with Crippen molar-refractivity contribution in [1.29, 1.82) is 5.26 Å². The SMILES string of the molecule is N#C[C@]1(C2CC2)CC(F)(F)CN1C(=O)CCC(=O)c1ccnc2ccc(-c3ccc4cc(Cl)ccc4c3)cc12. The van der Waals surface area contributed by atoms with E-state index in [-0.39, 0.29) is 24.5 Å². The van der Waals surface area contributed by atoms with Gasteiger partial charge in [0.1, 0.15) is 5.54 Å². The quantitative estimate of drug-likeness (QED) is 0.241. The Morgan fingerprint density at radius 3 is 2.49 bits per heavy atom. The Labute approximate surface area is 229 Å². The number of fused-ring (bicyclic) bond motifs is 2. The van der Waals surface area contributed by atoms with Gasteiger partial charge in [-0.2, -0.15) is 5.26 Å². The van der Waals surface area contributed by atoms with Crippen molar-refractivity contribution in [2.45, 2.75) is 43.6 Å². The molecule has 1 aliphatic carbocycles. The number of alkyl halides is 2. The summed E-state index contributed by atoms with van der Waals surface area (Å²) in [7, 11) is 0. The second-order valence-corrected chi connectivity index (χ2v) is 11.0. The maximum atomic E-state index is 14.3. The molecule has 2 aliphatic rings. The average Bonchev–Trinajstić information content (AvgIpc) is 3.74. The number of pyridine rings is 1. The summed E-state index contributed by atoms with van der Waals surface area (Å²) in [5.41, 5.74) is 1.45. The zero-order valence-electron chi connectivity index (χ0n) is 21.0. The lowest BCUT2D eigenvalue weighted by Gasteiger charge is -2.31.